The Kier molecular flexibility index (Phi) is 3.55. The minimum atomic E-state index is 0.0296. The van der Waals surface area contributed by atoms with E-state index in [0.29, 0.717) is 24.6 Å². The molecule has 7 nitrogen and oxygen atoms in total. The number of rotatable bonds is 4. The topological polar surface area (TPSA) is 94.8 Å². The van der Waals surface area contributed by atoms with Crippen molar-refractivity contribution in [1.82, 2.24) is 10.2 Å². The lowest BCUT2D eigenvalue weighted by Crippen LogP contribution is -2.24. The van der Waals surface area contributed by atoms with Gasteiger partial charge in [0, 0.05) is 24.4 Å². The van der Waals surface area contributed by atoms with Gasteiger partial charge in [0.25, 0.3) is 0 Å². The summed E-state index contributed by atoms with van der Waals surface area (Å²) in [6.07, 6.45) is 1.24. The maximum absolute atomic E-state index is 11.8. The zero-order chi connectivity index (χ0) is 12.3. The summed E-state index contributed by atoms with van der Waals surface area (Å²) in [4.78, 5) is 16.1. The van der Waals surface area contributed by atoms with Gasteiger partial charge in [-0.3, -0.25) is 9.69 Å². The van der Waals surface area contributed by atoms with E-state index in [-0.39, 0.29) is 11.8 Å². The third-order valence-electron chi connectivity index (χ3n) is 2.60. The third kappa shape index (κ3) is 2.54. The Morgan fingerprint density at radius 1 is 1.65 bits per heavy atom. The van der Waals surface area contributed by atoms with Gasteiger partial charge in [0.1, 0.15) is 5.01 Å². The first kappa shape index (κ1) is 11.8. The van der Waals surface area contributed by atoms with E-state index in [1.807, 2.05) is 6.92 Å². The van der Waals surface area contributed by atoms with Crippen molar-refractivity contribution in [2.75, 3.05) is 18.0 Å². The van der Waals surface area contributed by atoms with Crippen LogP contribution in [0.25, 0.3) is 10.4 Å². The molecule has 0 spiro atoms. The second kappa shape index (κ2) is 5.11. The summed E-state index contributed by atoms with van der Waals surface area (Å²) in [5, 5.41) is 13.1. The zero-order valence-electron chi connectivity index (χ0n) is 9.41. The predicted molar refractivity (Wildman–Crippen MR) is 63.8 cm³/mol. The first-order chi connectivity index (χ1) is 8.24. The van der Waals surface area contributed by atoms with Gasteiger partial charge in [-0.15, -0.1) is 10.2 Å². The van der Waals surface area contributed by atoms with Gasteiger partial charge in [0.2, 0.25) is 11.0 Å². The van der Waals surface area contributed by atoms with Crippen LogP contribution in [-0.2, 0) is 11.2 Å². The van der Waals surface area contributed by atoms with E-state index < -0.39 is 0 Å². The summed E-state index contributed by atoms with van der Waals surface area (Å²) in [6.45, 7) is 2.93. The average molecular weight is 252 g/mol. The van der Waals surface area contributed by atoms with Crippen molar-refractivity contribution in [2.24, 2.45) is 11.0 Å². The summed E-state index contributed by atoms with van der Waals surface area (Å²) in [6, 6.07) is 0. The van der Waals surface area contributed by atoms with Crippen molar-refractivity contribution in [1.29, 1.82) is 0 Å². The van der Waals surface area contributed by atoms with Gasteiger partial charge < -0.3 is 0 Å². The predicted octanol–water partition coefficient (Wildman–Crippen LogP) is 1.76. The van der Waals surface area contributed by atoms with Crippen LogP contribution < -0.4 is 4.90 Å². The minimum absolute atomic E-state index is 0.0296. The van der Waals surface area contributed by atoms with Gasteiger partial charge in [-0.1, -0.05) is 23.4 Å². The maximum Gasteiger partial charge on any atom is 0.229 e. The van der Waals surface area contributed by atoms with E-state index in [2.05, 4.69) is 20.2 Å². The fourth-order valence-corrected chi connectivity index (χ4v) is 2.54. The van der Waals surface area contributed by atoms with Gasteiger partial charge in [-0.2, -0.15) is 0 Å². The number of aromatic nitrogens is 2. The summed E-state index contributed by atoms with van der Waals surface area (Å²) in [5.74, 6) is 0.120. The quantitative estimate of drug-likeness (QED) is 0.464. The molecule has 8 heteroatoms. The van der Waals surface area contributed by atoms with E-state index in [4.69, 9.17) is 5.53 Å². The highest BCUT2D eigenvalue weighted by molar-refractivity contribution is 7.15. The molecule has 0 radical (unpaired) electrons. The number of aryl methyl sites for hydroxylation is 1. The Bertz CT molecular complexity index is 466. The van der Waals surface area contributed by atoms with E-state index in [1.54, 1.807) is 4.90 Å². The smallest absolute Gasteiger partial charge is 0.229 e. The molecule has 1 amide bonds. The number of carbonyl (C=O) groups excluding carboxylic acids is 1. The summed E-state index contributed by atoms with van der Waals surface area (Å²) in [5.41, 5.74) is 8.25. The molecule has 0 bridgehead atoms. The van der Waals surface area contributed by atoms with Crippen LogP contribution >= 0.6 is 11.3 Å². The largest absolute Gasteiger partial charge is 0.286 e. The van der Waals surface area contributed by atoms with Crippen LogP contribution in [0.3, 0.4) is 0 Å². The standard InChI is InChI=1S/C9H12N6OS/c1-2-7-12-13-9(17-7)15-5-6(3-8(15)16)4-11-14-10/h6H,2-5H2,1H3. The first-order valence-electron chi connectivity index (χ1n) is 5.38. The van der Waals surface area contributed by atoms with Crippen LogP contribution in [0, 0.1) is 5.92 Å². The van der Waals surface area contributed by atoms with E-state index >= 15 is 0 Å². The molecule has 0 aliphatic carbocycles. The van der Waals surface area contributed by atoms with Crippen molar-refractivity contribution >= 4 is 22.4 Å². The van der Waals surface area contributed by atoms with Crippen molar-refractivity contribution in [2.45, 2.75) is 19.8 Å². The maximum atomic E-state index is 11.8. The molecule has 0 N–H and O–H groups in total. The number of anilines is 1. The fourth-order valence-electron chi connectivity index (χ4n) is 1.74. The van der Waals surface area contributed by atoms with E-state index in [1.165, 1.54) is 11.3 Å². The highest BCUT2D eigenvalue weighted by Gasteiger charge is 2.32. The SMILES string of the molecule is CCc1nnc(N2CC(CN=[N+]=[N-])CC2=O)s1. The number of hydrogen-bond donors (Lipinski definition) is 0. The molecular weight excluding hydrogens is 240 g/mol. The monoisotopic (exact) mass is 252 g/mol. The van der Waals surface area contributed by atoms with Gasteiger partial charge in [-0.25, -0.2) is 0 Å². The molecule has 2 rings (SSSR count). The van der Waals surface area contributed by atoms with E-state index in [9.17, 15) is 4.79 Å². The van der Waals surface area contributed by atoms with Crippen LogP contribution in [0.5, 0.6) is 0 Å². The average Bonchev–Trinajstić information content (AvgIpc) is 2.92. The van der Waals surface area contributed by atoms with Crippen LogP contribution in [0.2, 0.25) is 0 Å². The normalized spacial score (nSPS) is 19.5. The number of hydrogen-bond acceptors (Lipinski definition) is 5. The van der Waals surface area contributed by atoms with Crippen molar-refractivity contribution in [3.05, 3.63) is 15.5 Å². The Morgan fingerprint density at radius 3 is 3.12 bits per heavy atom. The zero-order valence-corrected chi connectivity index (χ0v) is 10.2. The molecule has 2 heterocycles. The summed E-state index contributed by atoms with van der Waals surface area (Å²) >= 11 is 1.44. The van der Waals surface area contributed by atoms with Crippen molar-refractivity contribution in [3.63, 3.8) is 0 Å². The molecule has 17 heavy (non-hydrogen) atoms. The van der Waals surface area contributed by atoms with Gasteiger partial charge in [-0.05, 0) is 17.9 Å². The molecule has 90 valence electrons. The Morgan fingerprint density at radius 2 is 2.47 bits per heavy atom. The number of azide groups is 1. The van der Waals surface area contributed by atoms with Gasteiger partial charge in [0.05, 0.1) is 0 Å². The lowest BCUT2D eigenvalue weighted by atomic mass is 10.1. The number of amides is 1. The Hall–Kier alpha value is -1.66. The third-order valence-corrected chi connectivity index (χ3v) is 3.69. The minimum Gasteiger partial charge on any atom is -0.286 e. The molecule has 1 aromatic rings. The molecule has 1 unspecified atom stereocenters. The lowest BCUT2D eigenvalue weighted by Gasteiger charge is -2.10. The first-order valence-corrected chi connectivity index (χ1v) is 6.19. The van der Waals surface area contributed by atoms with E-state index in [0.717, 1.165) is 11.4 Å². The molecule has 0 aromatic carbocycles. The van der Waals surface area contributed by atoms with Crippen LogP contribution in [0.4, 0.5) is 5.13 Å². The van der Waals surface area contributed by atoms with Gasteiger partial charge in [0.15, 0.2) is 0 Å². The molecule has 1 aliphatic heterocycles. The molecule has 1 saturated heterocycles. The highest BCUT2D eigenvalue weighted by atomic mass is 32.1. The Labute approximate surface area is 102 Å². The lowest BCUT2D eigenvalue weighted by molar-refractivity contribution is -0.117. The molecule has 1 fully saturated rings. The number of nitrogens with zero attached hydrogens (tertiary/aromatic N) is 6. The van der Waals surface area contributed by atoms with Gasteiger partial charge >= 0.3 is 0 Å². The second-order valence-corrected chi connectivity index (χ2v) is 4.86. The molecule has 1 atom stereocenters. The number of carbonyl (C=O) groups is 1. The van der Waals surface area contributed by atoms with Crippen molar-refractivity contribution < 1.29 is 4.79 Å². The van der Waals surface area contributed by atoms with Crippen LogP contribution in [-0.4, -0.2) is 29.2 Å². The molecule has 1 aromatic heterocycles. The molecular formula is C9H12N6OS. The molecule has 1 aliphatic rings. The van der Waals surface area contributed by atoms with Crippen LogP contribution in [0.15, 0.2) is 5.11 Å². The highest BCUT2D eigenvalue weighted by Crippen LogP contribution is 2.28. The second-order valence-electron chi connectivity index (χ2n) is 3.82. The summed E-state index contributed by atoms with van der Waals surface area (Å²) < 4.78 is 0. The van der Waals surface area contributed by atoms with Crippen molar-refractivity contribution in [3.8, 4) is 0 Å². The summed E-state index contributed by atoms with van der Waals surface area (Å²) in [7, 11) is 0. The fraction of sp³-hybridized carbons (Fsp3) is 0.667. The Balaban J connectivity index is 2.07. The molecule has 0 saturated carbocycles. The van der Waals surface area contributed by atoms with Crippen LogP contribution in [0.1, 0.15) is 18.4 Å².